The van der Waals surface area contributed by atoms with Crippen LogP contribution in [-0.2, 0) is 18.1 Å². The molecular formula is C23H23F3N4Na. The van der Waals surface area contributed by atoms with E-state index in [4.69, 9.17) is 0 Å². The maximum absolute atomic E-state index is 13.4. The molecular weight excluding hydrogens is 412 g/mol. The predicted molar refractivity (Wildman–Crippen MR) is 118 cm³/mol. The minimum absolute atomic E-state index is 0. The molecule has 0 aliphatic carbocycles. The van der Waals surface area contributed by atoms with E-state index in [0.29, 0.717) is 23.4 Å². The minimum Gasteiger partial charge on any atom is -0.337 e. The summed E-state index contributed by atoms with van der Waals surface area (Å²) in [6, 6.07) is 12.8. The molecule has 8 heteroatoms. The molecule has 0 unspecified atom stereocenters. The molecule has 0 fully saturated rings. The maximum atomic E-state index is 13.4. The minimum atomic E-state index is -4.42. The molecule has 0 aliphatic rings. The van der Waals surface area contributed by atoms with Crippen molar-refractivity contribution in [2.24, 2.45) is 0 Å². The number of benzene rings is 2. The zero-order valence-electron chi connectivity index (χ0n) is 18.3. The number of fused-ring (bicyclic) bond motifs is 1. The van der Waals surface area contributed by atoms with Crippen molar-refractivity contribution < 1.29 is 13.2 Å². The average molecular weight is 435 g/mol. The summed E-state index contributed by atoms with van der Waals surface area (Å²) in [5, 5.41) is 4.68. The van der Waals surface area contributed by atoms with E-state index in [9.17, 15) is 13.2 Å². The van der Waals surface area contributed by atoms with Gasteiger partial charge in [0.15, 0.2) is 5.82 Å². The number of alkyl halides is 3. The van der Waals surface area contributed by atoms with Crippen LogP contribution in [0.4, 0.5) is 13.2 Å². The Kier molecular flexibility index (Phi) is 6.42. The summed E-state index contributed by atoms with van der Waals surface area (Å²) in [5.41, 5.74) is 3.06. The molecule has 157 valence electrons. The Balaban J connectivity index is 0.00000272. The Labute approximate surface area is 201 Å². The van der Waals surface area contributed by atoms with E-state index in [1.807, 2.05) is 17.7 Å². The molecule has 1 radical (unpaired) electrons. The molecule has 4 nitrogen and oxygen atoms in total. The van der Waals surface area contributed by atoms with Gasteiger partial charge in [-0.3, -0.25) is 4.68 Å². The van der Waals surface area contributed by atoms with E-state index in [1.54, 1.807) is 24.3 Å². The Morgan fingerprint density at radius 2 is 1.71 bits per heavy atom. The summed E-state index contributed by atoms with van der Waals surface area (Å²) in [7, 11) is 0. The molecule has 2 aromatic carbocycles. The predicted octanol–water partition coefficient (Wildman–Crippen LogP) is 6.05. The zero-order chi connectivity index (χ0) is 21.7. The number of hydrogen-bond acceptors (Lipinski definition) is 2. The van der Waals surface area contributed by atoms with E-state index in [1.165, 1.54) is 12.1 Å². The number of hydrogen-bond donors (Lipinski definition) is 1. The topological polar surface area (TPSA) is 46.5 Å². The largest absolute Gasteiger partial charge is 0.417 e. The van der Waals surface area contributed by atoms with Crippen LogP contribution in [0.3, 0.4) is 0 Å². The van der Waals surface area contributed by atoms with Crippen LogP contribution in [0.1, 0.15) is 39.0 Å². The number of aromatic amines is 1. The Bertz CT molecular complexity index is 1220. The smallest absolute Gasteiger partial charge is 0.337 e. The quantitative estimate of drug-likeness (QED) is 0.398. The second-order valence-corrected chi connectivity index (χ2v) is 8.34. The second-order valence-electron chi connectivity index (χ2n) is 8.34. The molecule has 4 rings (SSSR count). The first-order valence-corrected chi connectivity index (χ1v) is 9.83. The van der Waals surface area contributed by atoms with Gasteiger partial charge in [-0.25, -0.2) is 4.98 Å². The SMILES string of the molecule is CCn1nc(C(C)(C)C)cc1-c1nc2cc(-c3ccccc3C(F)(F)F)ccc2[nH]1.[Na]. The summed E-state index contributed by atoms with van der Waals surface area (Å²) in [6.07, 6.45) is -4.42. The van der Waals surface area contributed by atoms with Crippen LogP contribution in [0.5, 0.6) is 0 Å². The number of rotatable bonds is 3. The van der Waals surface area contributed by atoms with Crippen molar-refractivity contribution >= 4 is 40.6 Å². The molecule has 2 aromatic heterocycles. The zero-order valence-corrected chi connectivity index (χ0v) is 20.3. The molecule has 31 heavy (non-hydrogen) atoms. The number of aromatic nitrogens is 4. The van der Waals surface area contributed by atoms with Crippen LogP contribution in [0.2, 0.25) is 0 Å². The molecule has 0 saturated carbocycles. The van der Waals surface area contributed by atoms with E-state index in [0.717, 1.165) is 23.0 Å². The molecule has 0 saturated heterocycles. The van der Waals surface area contributed by atoms with E-state index in [-0.39, 0.29) is 40.5 Å². The average Bonchev–Trinajstić information content (AvgIpc) is 3.30. The van der Waals surface area contributed by atoms with Crippen LogP contribution in [0.15, 0.2) is 48.5 Å². The van der Waals surface area contributed by atoms with Crippen molar-refractivity contribution in [2.45, 2.75) is 45.8 Å². The van der Waals surface area contributed by atoms with Gasteiger partial charge in [0, 0.05) is 41.5 Å². The Hall–Kier alpha value is -2.09. The van der Waals surface area contributed by atoms with Crippen molar-refractivity contribution in [2.75, 3.05) is 0 Å². The van der Waals surface area contributed by atoms with E-state index in [2.05, 4.69) is 35.8 Å². The van der Waals surface area contributed by atoms with Gasteiger partial charge < -0.3 is 4.98 Å². The number of H-pyrrole nitrogens is 1. The first-order valence-electron chi connectivity index (χ1n) is 9.83. The van der Waals surface area contributed by atoms with Gasteiger partial charge in [-0.1, -0.05) is 45.0 Å². The molecule has 4 aromatic rings. The summed E-state index contributed by atoms with van der Waals surface area (Å²) in [5.74, 6) is 0.649. The summed E-state index contributed by atoms with van der Waals surface area (Å²) >= 11 is 0. The number of nitrogens with zero attached hydrogens (tertiary/aromatic N) is 3. The van der Waals surface area contributed by atoms with E-state index >= 15 is 0 Å². The fourth-order valence-corrected chi connectivity index (χ4v) is 3.49. The third kappa shape index (κ3) is 4.59. The van der Waals surface area contributed by atoms with Gasteiger partial charge in [-0.05, 0) is 42.3 Å². The fraction of sp³-hybridized carbons (Fsp3) is 0.304. The first kappa shape index (κ1) is 23.6. The standard InChI is InChI=1S/C23H23F3N4.Na/c1-5-30-19(13-20(29-30)22(2,3)4)21-27-17-11-10-14(12-18(17)28-21)15-8-6-7-9-16(15)23(24,25)26;/h6-13H,5H2,1-4H3,(H,27,28);. The van der Waals surface area contributed by atoms with Gasteiger partial charge in [0.2, 0.25) is 0 Å². The van der Waals surface area contributed by atoms with Crippen LogP contribution in [0, 0.1) is 0 Å². The molecule has 0 bridgehead atoms. The van der Waals surface area contributed by atoms with Crippen molar-refractivity contribution in [3.05, 3.63) is 59.8 Å². The molecule has 0 atom stereocenters. The van der Waals surface area contributed by atoms with Gasteiger partial charge in [0.25, 0.3) is 0 Å². The molecule has 0 amide bonds. The summed E-state index contributed by atoms with van der Waals surface area (Å²) < 4.78 is 42.2. The molecule has 2 heterocycles. The number of nitrogens with one attached hydrogen (secondary N) is 1. The number of halogens is 3. The van der Waals surface area contributed by atoms with Crippen LogP contribution in [0.25, 0.3) is 33.7 Å². The van der Waals surface area contributed by atoms with Gasteiger partial charge in [0.05, 0.1) is 22.3 Å². The van der Waals surface area contributed by atoms with Crippen LogP contribution < -0.4 is 0 Å². The van der Waals surface area contributed by atoms with Gasteiger partial charge >= 0.3 is 6.18 Å². The Morgan fingerprint density at radius 1 is 1.00 bits per heavy atom. The number of imidazole rings is 1. The maximum Gasteiger partial charge on any atom is 0.417 e. The van der Waals surface area contributed by atoms with Gasteiger partial charge in [-0.15, -0.1) is 0 Å². The van der Waals surface area contributed by atoms with Crippen molar-refractivity contribution in [1.29, 1.82) is 0 Å². The van der Waals surface area contributed by atoms with E-state index < -0.39 is 11.7 Å². The van der Waals surface area contributed by atoms with Crippen molar-refractivity contribution in [3.8, 4) is 22.6 Å². The second kappa shape index (κ2) is 8.45. The number of aryl methyl sites for hydroxylation is 1. The third-order valence-corrected chi connectivity index (χ3v) is 5.12. The van der Waals surface area contributed by atoms with Crippen molar-refractivity contribution in [1.82, 2.24) is 19.7 Å². The fourth-order valence-electron chi connectivity index (χ4n) is 3.49. The van der Waals surface area contributed by atoms with Crippen molar-refractivity contribution in [3.63, 3.8) is 0 Å². The van der Waals surface area contributed by atoms with Crippen LogP contribution >= 0.6 is 0 Å². The third-order valence-electron chi connectivity index (χ3n) is 5.12. The van der Waals surface area contributed by atoms with Gasteiger partial charge in [-0.2, -0.15) is 18.3 Å². The normalized spacial score (nSPS) is 12.2. The molecule has 0 spiro atoms. The molecule has 1 N–H and O–H groups in total. The van der Waals surface area contributed by atoms with Gasteiger partial charge in [0.1, 0.15) is 5.69 Å². The summed E-state index contributed by atoms with van der Waals surface area (Å²) in [6.45, 7) is 9.00. The first-order chi connectivity index (χ1) is 14.1. The van der Waals surface area contributed by atoms with Crippen LogP contribution in [-0.4, -0.2) is 49.3 Å². The molecule has 0 aliphatic heterocycles. The Morgan fingerprint density at radius 3 is 2.35 bits per heavy atom. The monoisotopic (exact) mass is 435 g/mol. The summed E-state index contributed by atoms with van der Waals surface area (Å²) in [4.78, 5) is 7.95.